The van der Waals surface area contributed by atoms with Crippen molar-refractivity contribution >= 4 is 0 Å². The third kappa shape index (κ3) is 1.69. The number of hydrogen-bond donors (Lipinski definition) is 1. The summed E-state index contributed by atoms with van der Waals surface area (Å²) in [5, 5.41) is 8.50. The Morgan fingerprint density at radius 2 is 1.88 bits per heavy atom. The van der Waals surface area contributed by atoms with E-state index in [1.807, 2.05) is 0 Å². The van der Waals surface area contributed by atoms with Crippen LogP contribution in [0.2, 0.25) is 0 Å². The number of hydrogen-bond acceptors (Lipinski definition) is 1. The van der Waals surface area contributed by atoms with E-state index in [0.717, 1.165) is 0 Å². The van der Waals surface area contributed by atoms with Crippen LogP contribution in [-0.4, -0.2) is 16.9 Å². The normalized spacial score (nSPS) is 27.4. The molecule has 0 fully saturated rings. The SMILES string of the molecule is [2H]C([2H])([2H])C(C)(O)C(F)(F)F. The number of aliphatic hydroxyl groups is 1. The summed E-state index contributed by atoms with van der Waals surface area (Å²) in [5.74, 6) is 0. The summed E-state index contributed by atoms with van der Waals surface area (Å²) in [7, 11) is 0. The molecular formula is C4H7F3O. The molecule has 0 amide bonds. The van der Waals surface area contributed by atoms with Crippen molar-refractivity contribution < 1.29 is 22.4 Å². The van der Waals surface area contributed by atoms with Crippen molar-refractivity contribution in [3.63, 3.8) is 0 Å². The van der Waals surface area contributed by atoms with Gasteiger partial charge in [0.15, 0.2) is 5.60 Å². The second kappa shape index (κ2) is 1.62. The van der Waals surface area contributed by atoms with Gasteiger partial charge in [-0.25, -0.2) is 0 Å². The van der Waals surface area contributed by atoms with E-state index >= 15 is 0 Å². The Labute approximate surface area is 49.3 Å². The second-order valence-corrected chi connectivity index (χ2v) is 1.57. The van der Waals surface area contributed by atoms with Crippen LogP contribution in [0.4, 0.5) is 13.2 Å². The fraction of sp³-hybridized carbons (Fsp3) is 1.00. The van der Waals surface area contributed by atoms with Gasteiger partial charge in [0.25, 0.3) is 0 Å². The average molecular weight is 131 g/mol. The van der Waals surface area contributed by atoms with E-state index in [1.165, 1.54) is 0 Å². The van der Waals surface area contributed by atoms with Gasteiger partial charge in [-0.05, 0) is 13.8 Å². The molecular weight excluding hydrogens is 121 g/mol. The van der Waals surface area contributed by atoms with Crippen molar-refractivity contribution in [2.45, 2.75) is 25.6 Å². The van der Waals surface area contributed by atoms with Crippen molar-refractivity contribution in [3.05, 3.63) is 0 Å². The molecule has 0 radical (unpaired) electrons. The van der Waals surface area contributed by atoms with Crippen LogP contribution in [0.25, 0.3) is 0 Å². The summed E-state index contributed by atoms with van der Waals surface area (Å²) in [4.78, 5) is 0. The van der Waals surface area contributed by atoms with Gasteiger partial charge in [0.05, 0.1) is 0 Å². The van der Waals surface area contributed by atoms with Crippen LogP contribution < -0.4 is 0 Å². The Bertz CT molecular complexity index is 132. The molecule has 1 N–H and O–H groups in total. The highest BCUT2D eigenvalue weighted by Gasteiger charge is 2.45. The Balaban J connectivity index is 4.75. The predicted octanol–water partition coefficient (Wildman–Crippen LogP) is 1.32. The van der Waals surface area contributed by atoms with Gasteiger partial charge in [-0.15, -0.1) is 0 Å². The van der Waals surface area contributed by atoms with Crippen molar-refractivity contribution in [1.82, 2.24) is 0 Å². The molecule has 1 atom stereocenters. The monoisotopic (exact) mass is 131 g/mol. The molecule has 0 spiro atoms. The molecule has 0 aromatic carbocycles. The van der Waals surface area contributed by atoms with Gasteiger partial charge >= 0.3 is 6.18 Å². The van der Waals surface area contributed by atoms with Crippen molar-refractivity contribution in [2.24, 2.45) is 0 Å². The zero-order chi connectivity index (χ0) is 9.50. The lowest BCUT2D eigenvalue weighted by Gasteiger charge is -2.20. The highest BCUT2D eigenvalue weighted by Crippen LogP contribution is 2.28. The third-order valence-electron chi connectivity index (χ3n) is 0.552. The Morgan fingerprint density at radius 1 is 1.50 bits per heavy atom. The topological polar surface area (TPSA) is 20.2 Å². The van der Waals surface area contributed by atoms with Gasteiger partial charge in [-0.3, -0.25) is 0 Å². The lowest BCUT2D eigenvalue weighted by atomic mass is 10.1. The maximum absolute atomic E-state index is 11.7. The average Bonchev–Trinajstić information content (AvgIpc) is 1.58. The maximum Gasteiger partial charge on any atom is 0.416 e. The Morgan fingerprint density at radius 3 is 1.88 bits per heavy atom. The molecule has 1 unspecified atom stereocenters. The third-order valence-corrected chi connectivity index (χ3v) is 0.552. The first-order valence-corrected chi connectivity index (χ1v) is 1.79. The summed E-state index contributed by atoms with van der Waals surface area (Å²) in [6.45, 7) is -3.22. The van der Waals surface area contributed by atoms with Crippen LogP contribution in [0.3, 0.4) is 0 Å². The van der Waals surface area contributed by atoms with Crippen molar-refractivity contribution in [3.8, 4) is 0 Å². The van der Waals surface area contributed by atoms with Crippen LogP contribution >= 0.6 is 0 Å². The first-order valence-electron chi connectivity index (χ1n) is 3.29. The van der Waals surface area contributed by atoms with E-state index in [-0.39, 0.29) is 6.92 Å². The molecule has 0 aliphatic heterocycles. The van der Waals surface area contributed by atoms with Gasteiger partial charge in [-0.2, -0.15) is 13.2 Å². The number of rotatable bonds is 0. The largest absolute Gasteiger partial charge is 0.416 e. The standard InChI is InChI=1S/C4H7F3O/c1-3(2,8)4(5,6)7/h8H,1-2H3/i1D3. The first kappa shape index (κ1) is 3.71. The maximum atomic E-state index is 11.7. The predicted molar refractivity (Wildman–Crippen MR) is 22.4 cm³/mol. The smallest absolute Gasteiger partial charge is 0.381 e. The van der Waals surface area contributed by atoms with Crippen LogP contribution in [0.15, 0.2) is 0 Å². The summed E-state index contributed by atoms with van der Waals surface area (Å²) in [6.07, 6.45) is -5.13. The van der Waals surface area contributed by atoms with E-state index in [1.54, 1.807) is 0 Å². The van der Waals surface area contributed by atoms with Crippen molar-refractivity contribution in [2.75, 3.05) is 0 Å². The summed E-state index contributed by atoms with van der Waals surface area (Å²) >= 11 is 0. The Kier molecular flexibility index (Phi) is 0.751. The lowest BCUT2D eigenvalue weighted by molar-refractivity contribution is -0.245. The van der Waals surface area contributed by atoms with Crippen LogP contribution in [0, 0.1) is 0 Å². The van der Waals surface area contributed by atoms with Crippen LogP contribution in [0.5, 0.6) is 0 Å². The zero-order valence-corrected chi connectivity index (χ0v) is 4.08. The lowest BCUT2D eigenvalue weighted by Crippen LogP contribution is -2.38. The van der Waals surface area contributed by atoms with Gasteiger partial charge in [0.2, 0.25) is 0 Å². The van der Waals surface area contributed by atoms with E-state index < -0.39 is 18.6 Å². The zero-order valence-electron chi connectivity index (χ0n) is 7.08. The summed E-state index contributed by atoms with van der Waals surface area (Å²) < 4.78 is 54.2. The molecule has 1 nitrogen and oxygen atoms in total. The van der Waals surface area contributed by atoms with Gasteiger partial charge in [0, 0.05) is 4.11 Å². The molecule has 0 saturated heterocycles. The van der Waals surface area contributed by atoms with E-state index in [0.29, 0.717) is 0 Å². The molecule has 0 rings (SSSR count). The number of halogens is 3. The van der Waals surface area contributed by atoms with Crippen LogP contribution in [-0.2, 0) is 0 Å². The first-order chi connectivity index (χ1) is 4.50. The second-order valence-electron chi connectivity index (χ2n) is 1.57. The molecule has 50 valence electrons. The highest BCUT2D eigenvalue weighted by molar-refractivity contribution is 4.74. The summed E-state index contributed by atoms with van der Waals surface area (Å²) in [6, 6.07) is 0. The minimum Gasteiger partial charge on any atom is -0.381 e. The van der Waals surface area contributed by atoms with E-state index in [2.05, 4.69) is 0 Å². The molecule has 4 heteroatoms. The molecule has 0 aliphatic rings. The molecule has 0 aliphatic carbocycles. The van der Waals surface area contributed by atoms with Crippen molar-refractivity contribution in [1.29, 1.82) is 0 Å². The minimum absolute atomic E-state index is 0.222. The fourth-order valence-corrected chi connectivity index (χ4v) is 0. The molecule has 0 aromatic heterocycles. The number of alkyl halides is 3. The quantitative estimate of drug-likeness (QED) is 0.525. The van der Waals surface area contributed by atoms with Crippen LogP contribution in [0.1, 0.15) is 17.9 Å². The van der Waals surface area contributed by atoms with Gasteiger partial charge < -0.3 is 5.11 Å². The van der Waals surface area contributed by atoms with E-state index in [9.17, 15) is 13.2 Å². The molecule has 0 saturated carbocycles. The molecule has 8 heavy (non-hydrogen) atoms. The molecule has 0 heterocycles. The van der Waals surface area contributed by atoms with E-state index in [4.69, 9.17) is 9.22 Å². The summed E-state index contributed by atoms with van der Waals surface area (Å²) in [5.41, 5.74) is -3.62. The highest BCUT2D eigenvalue weighted by atomic mass is 19.4. The minimum atomic E-state index is -5.13. The molecule has 0 aromatic rings. The molecule has 0 bridgehead atoms. The Hall–Kier alpha value is -0.250. The fourth-order valence-electron chi connectivity index (χ4n) is 0. The van der Waals surface area contributed by atoms with Gasteiger partial charge in [0.1, 0.15) is 0 Å². The van der Waals surface area contributed by atoms with Gasteiger partial charge in [-0.1, -0.05) is 0 Å².